The van der Waals surface area contributed by atoms with E-state index in [1.807, 2.05) is 0 Å². The van der Waals surface area contributed by atoms with E-state index < -0.39 is 0 Å². The van der Waals surface area contributed by atoms with E-state index in [1.165, 1.54) is 0 Å². The minimum absolute atomic E-state index is 0.0454. The SMILES string of the molecule is COCCCNC(=O)COC1CCC(N)CC1. The molecule has 1 aliphatic rings. The molecule has 100 valence electrons. The van der Waals surface area contributed by atoms with Crippen molar-refractivity contribution >= 4 is 5.91 Å². The second-order valence-corrected chi connectivity index (χ2v) is 4.54. The van der Waals surface area contributed by atoms with E-state index in [9.17, 15) is 4.79 Å². The van der Waals surface area contributed by atoms with Crippen LogP contribution in [-0.2, 0) is 14.3 Å². The predicted octanol–water partition coefficient (Wildman–Crippen LogP) is 0.426. The van der Waals surface area contributed by atoms with Gasteiger partial charge in [0, 0.05) is 26.3 Å². The van der Waals surface area contributed by atoms with Crippen LogP contribution in [0.1, 0.15) is 32.1 Å². The quantitative estimate of drug-likeness (QED) is 0.637. The van der Waals surface area contributed by atoms with E-state index in [0.29, 0.717) is 19.2 Å². The summed E-state index contributed by atoms with van der Waals surface area (Å²) in [5, 5.41) is 2.80. The monoisotopic (exact) mass is 244 g/mol. The van der Waals surface area contributed by atoms with Crippen molar-refractivity contribution in [3.05, 3.63) is 0 Å². The molecule has 17 heavy (non-hydrogen) atoms. The lowest BCUT2D eigenvalue weighted by molar-refractivity contribution is -0.128. The zero-order chi connectivity index (χ0) is 12.5. The van der Waals surface area contributed by atoms with Crippen LogP contribution in [0, 0.1) is 0 Å². The number of rotatable bonds is 7. The molecule has 0 heterocycles. The maximum Gasteiger partial charge on any atom is 0.246 e. The fourth-order valence-corrected chi connectivity index (χ4v) is 1.94. The van der Waals surface area contributed by atoms with E-state index >= 15 is 0 Å². The maximum atomic E-state index is 11.4. The van der Waals surface area contributed by atoms with Gasteiger partial charge in [0.2, 0.25) is 5.91 Å². The molecule has 0 aromatic heterocycles. The van der Waals surface area contributed by atoms with Crippen molar-refractivity contribution < 1.29 is 14.3 Å². The van der Waals surface area contributed by atoms with Crippen LogP contribution in [-0.4, -0.2) is 44.9 Å². The summed E-state index contributed by atoms with van der Waals surface area (Å²) < 4.78 is 10.4. The minimum Gasteiger partial charge on any atom is -0.385 e. The lowest BCUT2D eigenvalue weighted by Gasteiger charge is -2.25. The fraction of sp³-hybridized carbons (Fsp3) is 0.917. The number of hydrogen-bond donors (Lipinski definition) is 2. The zero-order valence-electron chi connectivity index (χ0n) is 10.6. The van der Waals surface area contributed by atoms with Gasteiger partial charge in [0.05, 0.1) is 6.10 Å². The Morgan fingerprint density at radius 3 is 2.71 bits per heavy atom. The first-order valence-corrected chi connectivity index (χ1v) is 6.35. The summed E-state index contributed by atoms with van der Waals surface area (Å²) in [7, 11) is 1.65. The molecule has 0 atom stereocenters. The van der Waals surface area contributed by atoms with Gasteiger partial charge in [-0.1, -0.05) is 0 Å². The average Bonchev–Trinajstić information content (AvgIpc) is 2.34. The number of hydrogen-bond acceptors (Lipinski definition) is 4. The molecule has 5 nitrogen and oxygen atoms in total. The Balaban J connectivity index is 1.99. The van der Waals surface area contributed by atoms with Gasteiger partial charge in [-0.2, -0.15) is 0 Å². The fourth-order valence-electron chi connectivity index (χ4n) is 1.94. The molecule has 1 saturated carbocycles. The number of amides is 1. The molecule has 0 bridgehead atoms. The van der Waals surface area contributed by atoms with Gasteiger partial charge in [-0.3, -0.25) is 4.79 Å². The highest BCUT2D eigenvalue weighted by atomic mass is 16.5. The highest BCUT2D eigenvalue weighted by Crippen LogP contribution is 2.19. The summed E-state index contributed by atoms with van der Waals surface area (Å²) in [4.78, 5) is 11.4. The van der Waals surface area contributed by atoms with Crippen molar-refractivity contribution in [2.75, 3.05) is 26.9 Å². The molecule has 0 aromatic carbocycles. The Hall–Kier alpha value is -0.650. The molecule has 0 spiro atoms. The lowest BCUT2D eigenvalue weighted by Crippen LogP contribution is -2.34. The molecule has 0 aliphatic heterocycles. The van der Waals surface area contributed by atoms with E-state index in [2.05, 4.69) is 5.32 Å². The second-order valence-electron chi connectivity index (χ2n) is 4.54. The first-order chi connectivity index (χ1) is 8.22. The molecule has 1 amide bonds. The maximum absolute atomic E-state index is 11.4. The number of carbonyl (C=O) groups excluding carboxylic acids is 1. The minimum atomic E-state index is -0.0454. The summed E-state index contributed by atoms with van der Waals surface area (Å²) in [5.41, 5.74) is 5.80. The van der Waals surface area contributed by atoms with E-state index in [-0.39, 0.29) is 18.6 Å². The summed E-state index contributed by atoms with van der Waals surface area (Å²) >= 11 is 0. The van der Waals surface area contributed by atoms with Gasteiger partial charge in [0.1, 0.15) is 6.61 Å². The van der Waals surface area contributed by atoms with Gasteiger partial charge in [-0.15, -0.1) is 0 Å². The van der Waals surface area contributed by atoms with Gasteiger partial charge in [0.25, 0.3) is 0 Å². The normalized spacial score (nSPS) is 24.6. The van der Waals surface area contributed by atoms with Crippen LogP contribution in [0.5, 0.6) is 0 Å². The zero-order valence-corrected chi connectivity index (χ0v) is 10.6. The Bertz CT molecular complexity index is 216. The van der Waals surface area contributed by atoms with Crippen molar-refractivity contribution in [1.29, 1.82) is 0 Å². The molecule has 1 fully saturated rings. The van der Waals surface area contributed by atoms with Crippen molar-refractivity contribution in [2.45, 2.75) is 44.2 Å². The van der Waals surface area contributed by atoms with E-state index in [4.69, 9.17) is 15.2 Å². The molecular formula is C12H24N2O3. The Labute approximate surface area is 103 Å². The number of ether oxygens (including phenoxy) is 2. The van der Waals surface area contributed by atoms with Crippen LogP contribution in [0.2, 0.25) is 0 Å². The molecule has 1 rings (SSSR count). The number of nitrogens with two attached hydrogens (primary N) is 1. The molecule has 0 radical (unpaired) electrons. The number of methoxy groups -OCH3 is 1. The molecule has 0 unspecified atom stereocenters. The third-order valence-electron chi connectivity index (χ3n) is 3.02. The average molecular weight is 244 g/mol. The summed E-state index contributed by atoms with van der Waals surface area (Å²) in [6.07, 6.45) is 4.98. The Morgan fingerprint density at radius 1 is 1.35 bits per heavy atom. The highest BCUT2D eigenvalue weighted by Gasteiger charge is 2.19. The molecule has 0 saturated heterocycles. The largest absolute Gasteiger partial charge is 0.385 e. The Morgan fingerprint density at radius 2 is 2.06 bits per heavy atom. The van der Waals surface area contributed by atoms with Crippen molar-refractivity contribution in [2.24, 2.45) is 5.73 Å². The molecule has 3 N–H and O–H groups in total. The van der Waals surface area contributed by atoms with Crippen LogP contribution < -0.4 is 11.1 Å². The summed E-state index contributed by atoms with van der Waals surface area (Å²) in [6, 6.07) is 0.317. The topological polar surface area (TPSA) is 73.6 Å². The molecule has 1 aliphatic carbocycles. The number of nitrogens with one attached hydrogen (secondary N) is 1. The van der Waals surface area contributed by atoms with Crippen LogP contribution in [0.3, 0.4) is 0 Å². The van der Waals surface area contributed by atoms with E-state index in [0.717, 1.165) is 32.1 Å². The van der Waals surface area contributed by atoms with Crippen LogP contribution in [0.15, 0.2) is 0 Å². The lowest BCUT2D eigenvalue weighted by atomic mass is 9.94. The van der Waals surface area contributed by atoms with Crippen LogP contribution in [0.25, 0.3) is 0 Å². The van der Waals surface area contributed by atoms with Crippen molar-refractivity contribution in [3.63, 3.8) is 0 Å². The van der Waals surface area contributed by atoms with Crippen LogP contribution >= 0.6 is 0 Å². The van der Waals surface area contributed by atoms with Crippen LogP contribution in [0.4, 0.5) is 0 Å². The highest BCUT2D eigenvalue weighted by molar-refractivity contribution is 5.77. The van der Waals surface area contributed by atoms with Gasteiger partial charge >= 0.3 is 0 Å². The first kappa shape index (κ1) is 14.4. The Kier molecular flexibility index (Phi) is 7.16. The summed E-state index contributed by atoms with van der Waals surface area (Å²) in [5.74, 6) is -0.0454. The number of carbonyl (C=O) groups is 1. The van der Waals surface area contributed by atoms with Gasteiger partial charge in [-0.25, -0.2) is 0 Å². The van der Waals surface area contributed by atoms with Gasteiger partial charge in [-0.05, 0) is 32.1 Å². The third-order valence-corrected chi connectivity index (χ3v) is 3.02. The van der Waals surface area contributed by atoms with Gasteiger partial charge in [0.15, 0.2) is 0 Å². The first-order valence-electron chi connectivity index (χ1n) is 6.35. The van der Waals surface area contributed by atoms with Crippen molar-refractivity contribution in [1.82, 2.24) is 5.32 Å². The smallest absolute Gasteiger partial charge is 0.246 e. The third kappa shape index (κ3) is 6.61. The van der Waals surface area contributed by atoms with E-state index in [1.54, 1.807) is 7.11 Å². The van der Waals surface area contributed by atoms with Gasteiger partial charge < -0.3 is 20.5 Å². The standard InChI is InChI=1S/C12H24N2O3/c1-16-8-2-7-14-12(15)9-17-11-5-3-10(13)4-6-11/h10-11H,2-9,13H2,1H3,(H,14,15). The second kappa shape index (κ2) is 8.44. The molecule has 0 aromatic rings. The molecule has 5 heteroatoms. The predicted molar refractivity (Wildman–Crippen MR) is 65.7 cm³/mol. The van der Waals surface area contributed by atoms with Crippen molar-refractivity contribution in [3.8, 4) is 0 Å². The molecular weight excluding hydrogens is 220 g/mol. The summed E-state index contributed by atoms with van der Waals surface area (Å²) in [6.45, 7) is 1.47.